The first-order valence-electron chi connectivity index (χ1n) is 17.1. The summed E-state index contributed by atoms with van der Waals surface area (Å²) < 4.78 is 2.42. The first kappa shape index (κ1) is 29.4. The van der Waals surface area contributed by atoms with Crippen LogP contribution in [0.25, 0.3) is 98.1 Å². The van der Waals surface area contributed by atoms with Crippen molar-refractivity contribution in [3.8, 4) is 56.4 Å². The molecule has 2 heterocycles. The fourth-order valence-electron chi connectivity index (χ4n) is 7.40. The third kappa shape index (κ3) is 5.00. The first-order chi connectivity index (χ1) is 25.3. The Hall–Kier alpha value is -6.49. The molecular weight excluding hydrogens is 639 g/mol. The summed E-state index contributed by atoms with van der Waals surface area (Å²) in [6.07, 6.45) is 0. The van der Waals surface area contributed by atoms with E-state index in [4.69, 9.17) is 15.0 Å². The van der Waals surface area contributed by atoms with Gasteiger partial charge >= 0.3 is 0 Å². The Bertz CT molecular complexity index is 2930. The highest BCUT2D eigenvalue weighted by Gasteiger charge is 2.20. The molecule has 238 valence electrons. The van der Waals surface area contributed by atoms with E-state index in [9.17, 15) is 0 Å². The van der Waals surface area contributed by atoms with E-state index in [1.165, 1.54) is 41.7 Å². The number of rotatable bonds is 5. The number of hydrogen-bond acceptors (Lipinski definition) is 4. The molecule has 0 fully saturated rings. The molecule has 0 radical (unpaired) electrons. The maximum absolute atomic E-state index is 5.34. The topological polar surface area (TPSA) is 38.7 Å². The summed E-state index contributed by atoms with van der Waals surface area (Å²) in [5, 5.41) is 7.33. The van der Waals surface area contributed by atoms with E-state index in [2.05, 4.69) is 170 Å². The maximum Gasteiger partial charge on any atom is 0.165 e. The highest BCUT2D eigenvalue weighted by molar-refractivity contribution is 7.26. The van der Waals surface area contributed by atoms with Gasteiger partial charge in [0.1, 0.15) is 0 Å². The average Bonchev–Trinajstić information content (AvgIpc) is 3.60. The minimum absolute atomic E-state index is 0.642. The highest BCUT2D eigenvalue weighted by atomic mass is 32.1. The predicted molar refractivity (Wildman–Crippen MR) is 215 cm³/mol. The highest BCUT2D eigenvalue weighted by Crippen LogP contribution is 2.42. The van der Waals surface area contributed by atoms with E-state index in [1.54, 1.807) is 11.3 Å². The SMILES string of the molecule is c1ccc(-c2ccccc2-c2nc(-c3ccccc3-c3cc4ccccc4c4ccccc34)nc(-c3cccc4c3sc3ccccc34)n2)cc1. The van der Waals surface area contributed by atoms with Crippen LogP contribution in [0.2, 0.25) is 0 Å². The van der Waals surface area contributed by atoms with E-state index < -0.39 is 0 Å². The number of benzene rings is 8. The van der Waals surface area contributed by atoms with Gasteiger partial charge in [0.2, 0.25) is 0 Å². The van der Waals surface area contributed by atoms with Gasteiger partial charge in [-0.3, -0.25) is 0 Å². The third-order valence-electron chi connectivity index (χ3n) is 9.76. The van der Waals surface area contributed by atoms with Crippen molar-refractivity contribution in [1.82, 2.24) is 15.0 Å². The van der Waals surface area contributed by atoms with Gasteiger partial charge in [0.25, 0.3) is 0 Å². The smallest absolute Gasteiger partial charge is 0.165 e. The molecule has 8 aromatic carbocycles. The van der Waals surface area contributed by atoms with E-state index in [0.29, 0.717) is 17.5 Å². The summed E-state index contributed by atoms with van der Waals surface area (Å²) >= 11 is 1.79. The zero-order valence-corrected chi connectivity index (χ0v) is 28.3. The van der Waals surface area contributed by atoms with Crippen LogP contribution in [0, 0.1) is 0 Å². The van der Waals surface area contributed by atoms with Crippen molar-refractivity contribution in [2.75, 3.05) is 0 Å². The fraction of sp³-hybridized carbons (Fsp3) is 0. The Morgan fingerprint density at radius 1 is 0.314 bits per heavy atom. The molecule has 0 spiro atoms. The second kappa shape index (κ2) is 12.1. The van der Waals surface area contributed by atoms with Gasteiger partial charge in [0.05, 0.1) is 0 Å². The Morgan fingerprint density at radius 2 is 0.824 bits per heavy atom. The lowest BCUT2D eigenvalue weighted by molar-refractivity contribution is 1.08. The monoisotopic (exact) mass is 667 g/mol. The molecule has 2 aromatic heterocycles. The lowest BCUT2D eigenvalue weighted by Crippen LogP contribution is -2.02. The molecule has 4 heteroatoms. The largest absolute Gasteiger partial charge is 0.208 e. The minimum atomic E-state index is 0.642. The second-order valence-corrected chi connectivity index (χ2v) is 13.8. The van der Waals surface area contributed by atoms with Crippen LogP contribution < -0.4 is 0 Å². The molecule has 0 saturated carbocycles. The summed E-state index contributed by atoms with van der Waals surface area (Å²) in [4.78, 5) is 15.9. The van der Waals surface area contributed by atoms with Crippen molar-refractivity contribution in [2.45, 2.75) is 0 Å². The zero-order valence-electron chi connectivity index (χ0n) is 27.5. The summed E-state index contributed by atoms with van der Waals surface area (Å²) in [5.74, 6) is 1.95. The zero-order chi connectivity index (χ0) is 33.7. The average molecular weight is 668 g/mol. The van der Waals surface area contributed by atoms with Crippen molar-refractivity contribution in [1.29, 1.82) is 0 Å². The van der Waals surface area contributed by atoms with Gasteiger partial charge in [-0.2, -0.15) is 0 Å². The third-order valence-corrected chi connectivity index (χ3v) is 11.0. The van der Waals surface area contributed by atoms with Gasteiger partial charge in [-0.05, 0) is 62.0 Å². The van der Waals surface area contributed by atoms with Gasteiger partial charge in [-0.15, -0.1) is 11.3 Å². The van der Waals surface area contributed by atoms with Gasteiger partial charge in [-0.25, -0.2) is 15.0 Å². The lowest BCUT2D eigenvalue weighted by Gasteiger charge is -2.16. The van der Waals surface area contributed by atoms with E-state index in [1.807, 2.05) is 6.07 Å². The van der Waals surface area contributed by atoms with Crippen LogP contribution in [-0.2, 0) is 0 Å². The number of hydrogen-bond donors (Lipinski definition) is 0. The summed E-state index contributed by atoms with van der Waals surface area (Å²) in [5.41, 5.74) is 7.36. The molecule has 0 bridgehead atoms. The summed E-state index contributed by atoms with van der Waals surface area (Å²) in [7, 11) is 0. The molecule has 0 aliphatic carbocycles. The Balaban J connectivity index is 1.26. The molecule has 0 saturated heterocycles. The molecular formula is C47H29N3S. The van der Waals surface area contributed by atoms with E-state index in [-0.39, 0.29) is 0 Å². The van der Waals surface area contributed by atoms with Gasteiger partial charge in [-0.1, -0.05) is 158 Å². The number of nitrogens with zero attached hydrogens (tertiary/aromatic N) is 3. The van der Waals surface area contributed by atoms with Crippen LogP contribution in [0.5, 0.6) is 0 Å². The Kier molecular flexibility index (Phi) is 7.00. The van der Waals surface area contributed by atoms with Gasteiger partial charge in [0.15, 0.2) is 17.5 Å². The number of fused-ring (bicyclic) bond motifs is 6. The molecule has 10 aromatic rings. The van der Waals surface area contributed by atoms with Crippen LogP contribution in [-0.4, -0.2) is 15.0 Å². The molecule has 10 rings (SSSR count). The van der Waals surface area contributed by atoms with Crippen molar-refractivity contribution in [3.05, 3.63) is 176 Å². The Morgan fingerprint density at radius 3 is 1.59 bits per heavy atom. The van der Waals surface area contributed by atoms with Gasteiger partial charge < -0.3 is 0 Å². The van der Waals surface area contributed by atoms with Crippen LogP contribution in [0.15, 0.2) is 176 Å². The molecule has 0 unspecified atom stereocenters. The van der Waals surface area contributed by atoms with Crippen LogP contribution in [0.3, 0.4) is 0 Å². The second-order valence-electron chi connectivity index (χ2n) is 12.7. The van der Waals surface area contributed by atoms with E-state index >= 15 is 0 Å². The normalized spacial score (nSPS) is 11.5. The predicted octanol–water partition coefficient (Wildman–Crippen LogP) is 12.9. The minimum Gasteiger partial charge on any atom is -0.208 e. The number of aromatic nitrogens is 3. The van der Waals surface area contributed by atoms with Crippen molar-refractivity contribution in [2.24, 2.45) is 0 Å². The van der Waals surface area contributed by atoms with Crippen molar-refractivity contribution < 1.29 is 0 Å². The molecule has 3 nitrogen and oxygen atoms in total. The Labute approximate surface area is 299 Å². The van der Waals surface area contributed by atoms with Gasteiger partial charge in [0, 0.05) is 36.9 Å². The first-order valence-corrected chi connectivity index (χ1v) is 17.9. The molecule has 51 heavy (non-hydrogen) atoms. The van der Waals surface area contributed by atoms with Crippen LogP contribution in [0.1, 0.15) is 0 Å². The molecule has 0 N–H and O–H groups in total. The number of thiophene rings is 1. The van der Waals surface area contributed by atoms with Crippen molar-refractivity contribution in [3.63, 3.8) is 0 Å². The molecule has 0 aliphatic rings. The standard InChI is InChI=1S/C47H29N3S/c1-2-15-30(16-3-1)32-18-6-10-24-39(32)45-48-46(50-47(49-45)41-27-14-26-38-37-23-12-13-28-43(37)51-44(38)41)40-25-11-9-22-36(40)42-29-31-17-4-5-19-33(31)34-20-7-8-21-35(34)42/h1-29H. The molecule has 0 aliphatic heterocycles. The van der Waals surface area contributed by atoms with Crippen LogP contribution >= 0.6 is 11.3 Å². The fourth-order valence-corrected chi connectivity index (χ4v) is 8.61. The summed E-state index contributed by atoms with van der Waals surface area (Å²) in [6, 6.07) is 62.1. The van der Waals surface area contributed by atoms with Crippen LogP contribution in [0.4, 0.5) is 0 Å². The van der Waals surface area contributed by atoms with Crippen molar-refractivity contribution >= 4 is 53.1 Å². The lowest BCUT2D eigenvalue weighted by atomic mass is 9.91. The quantitative estimate of drug-likeness (QED) is 0.171. The summed E-state index contributed by atoms with van der Waals surface area (Å²) in [6.45, 7) is 0. The molecule has 0 atom stereocenters. The maximum atomic E-state index is 5.34. The molecule has 0 amide bonds. The van der Waals surface area contributed by atoms with E-state index in [0.717, 1.165) is 38.9 Å².